The molecule has 0 aromatic carbocycles. The van der Waals surface area contributed by atoms with Crippen LogP contribution in [0.1, 0.15) is 13.8 Å². The fraction of sp³-hybridized carbons (Fsp3) is 1.00. The molecule has 0 bridgehead atoms. The fourth-order valence-corrected chi connectivity index (χ4v) is 2.96. The largest absolute Gasteiger partial charge is 0.394 e. The predicted molar refractivity (Wildman–Crippen MR) is 75.2 cm³/mol. The third-order valence-corrected chi connectivity index (χ3v) is 4.69. The number of rotatable bonds is 4. The Morgan fingerprint density at radius 2 is 1.35 bits per heavy atom. The molecule has 0 aromatic rings. The summed E-state index contributed by atoms with van der Waals surface area (Å²) in [5.74, 6) is -0.278. The molecule has 6 N–H and O–H groups in total. The lowest BCUT2D eigenvalue weighted by molar-refractivity contribution is -0.335. The number of aliphatic hydroxyl groups is 6. The summed E-state index contributed by atoms with van der Waals surface area (Å²) >= 11 is 0. The van der Waals surface area contributed by atoms with Crippen LogP contribution in [0.4, 0.5) is 0 Å². The first-order chi connectivity index (χ1) is 10.8. The van der Waals surface area contributed by atoms with E-state index in [1.807, 2.05) is 0 Å². The highest BCUT2D eigenvalue weighted by atomic mass is 16.7. The van der Waals surface area contributed by atoms with Gasteiger partial charge in [-0.05, 0) is 6.92 Å². The molecule has 9 nitrogen and oxygen atoms in total. The van der Waals surface area contributed by atoms with Gasteiger partial charge in [0.25, 0.3) is 0 Å². The number of hydrogen-bond acceptors (Lipinski definition) is 9. The molecule has 0 aromatic heterocycles. The van der Waals surface area contributed by atoms with Gasteiger partial charge in [-0.25, -0.2) is 0 Å². The van der Waals surface area contributed by atoms with E-state index in [4.69, 9.17) is 14.2 Å². The third kappa shape index (κ3) is 3.68. The van der Waals surface area contributed by atoms with Crippen LogP contribution in [0, 0.1) is 5.92 Å². The fourth-order valence-electron chi connectivity index (χ4n) is 2.96. The minimum Gasteiger partial charge on any atom is -0.394 e. The van der Waals surface area contributed by atoms with Crippen molar-refractivity contribution in [3.8, 4) is 0 Å². The lowest BCUT2D eigenvalue weighted by Gasteiger charge is -2.46. The van der Waals surface area contributed by atoms with Crippen LogP contribution < -0.4 is 0 Å². The Labute approximate surface area is 134 Å². The van der Waals surface area contributed by atoms with Gasteiger partial charge in [0.15, 0.2) is 6.29 Å². The lowest BCUT2D eigenvalue weighted by Crippen LogP contribution is -2.62. The molecule has 23 heavy (non-hydrogen) atoms. The number of ether oxygens (including phenoxy) is 3. The van der Waals surface area contributed by atoms with Crippen molar-refractivity contribution in [3.05, 3.63) is 0 Å². The molecule has 0 spiro atoms. The highest BCUT2D eigenvalue weighted by Crippen LogP contribution is 2.31. The van der Waals surface area contributed by atoms with Gasteiger partial charge in [-0.2, -0.15) is 0 Å². The Kier molecular flexibility index (Phi) is 6.34. The molecule has 0 radical (unpaired) electrons. The minimum atomic E-state index is -1.55. The first-order valence-corrected chi connectivity index (χ1v) is 7.72. The van der Waals surface area contributed by atoms with E-state index in [1.165, 1.54) is 0 Å². The van der Waals surface area contributed by atoms with Gasteiger partial charge in [0, 0.05) is 5.92 Å². The molecule has 10 atom stereocenters. The van der Waals surface area contributed by atoms with Crippen LogP contribution in [0.5, 0.6) is 0 Å². The molecule has 2 rings (SSSR count). The smallest absolute Gasteiger partial charge is 0.187 e. The summed E-state index contributed by atoms with van der Waals surface area (Å²) < 4.78 is 16.4. The molecule has 9 heteroatoms. The van der Waals surface area contributed by atoms with E-state index in [0.717, 1.165) is 0 Å². The van der Waals surface area contributed by atoms with E-state index in [2.05, 4.69) is 0 Å². The van der Waals surface area contributed by atoms with Gasteiger partial charge < -0.3 is 44.8 Å². The summed E-state index contributed by atoms with van der Waals surface area (Å²) in [7, 11) is 0. The summed E-state index contributed by atoms with van der Waals surface area (Å²) in [6.45, 7) is 2.58. The monoisotopic (exact) mass is 338 g/mol. The van der Waals surface area contributed by atoms with Crippen LogP contribution in [0.2, 0.25) is 0 Å². The van der Waals surface area contributed by atoms with Crippen molar-refractivity contribution in [2.75, 3.05) is 13.2 Å². The zero-order valence-corrected chi connectivity index (χ0v) is 13.1. The van der Waals surface area contributed by atoms with Gasteiger partial charge in [0.2, 0.25) is 0 Å². The second-order valence-electron chi connectivity index (χ2n) is 6.21. The summed E-state index contributed by atoms with van der Waals surface area (Å²) in [5.41, 5.74) is 0. The molecule has 2 aliphatic heterocycles. The number of hydrogen-bond donors (Lipinski definition) is 6. The molecular formula is C14H26O9. The average Bonchev–Trinajstić information content (AvgIpc) is 2.54. The molecular weight excluding hydrogens is 312 g/mol. The molecule has 2 fully saturated rings. The van der Waals surface area contributed by atoms with Crippen LogP contribution in [-0.4, -0.2) is 99.0 Å². The molecule has 0 saturated carbocycles. The van der Waals surface area contributed by atoms with Gasteiger partial charge >= 0.3 is 0 Å². The predicted octanol–water partition coefficient (Wildman–Crippen LogP) is -3.05. The maximum absolute atomic E-state index is 10.3. The van der Waals surface area contributed by atoms with Crippen molar-refractivity contribution in [2.45, 2.75) is 69.0 Å². The summed E-state index contributed by atoms with van der Waals surface area (Å²) in [6.07, 6.45) is -10.1. The van der Waals surface area contributed by atoms with Crippen molar-refractivity contribution in [2.24, 2.45) is 5.92 Å². The van der Waals surface area contributed by atoms with Crippen LogP contribution in [-0.2, 0) is 14.2 Å². The van der Waals surface area contributed by atoms with Crippen LogP contribution in [0.3, 0.4) is 0 Å². The van der Waals surface area contributed by atoms with Gasteiger partial charge in [0.05, 0.1) is 25.4 Å². The molecule has 136 valence electrons. The first-order valence-electron chi connectivity index (χ1n) is 7.72. The standard InChI is InChI=1S/C14H26O9/c1-5-6(2)21-8(4-16)10(18)13(5)23-14-12(20)11(19)9(17)7(3-15)22-14/h5-20H,3-4H2,1-2H3/t5-,6+,7?,8?,9-,10-,11?,12+,13?,14-/m1/s1. The van der Waals surface area contributed by atoms with E-state index in [-0.39, 0.29) is 12.0 Å². The Bertz CT molecular complexity index is 379. The van der Waals surface area contributed by atoms with E-state index in [1.54, 1.807) is 13.8 Å². The zero-order valence-electron chi connectivity index (χ0n) is 13.1. The highest BCUT2D eigenvalue weighted by Gasteiger charge is 2.48. The first kappa shape index (κ1) is 19.0. The van der Waals surface area contributed by atoms with E-state index >= 15 is 0 Å². The topological polar surface area (TPSA) is 149 Å². The second kappa shape index (κ2) is 7.68. The van der Waals surface area contributed by atoms with Crippen molar-refractivity contribution in [1.29, 1.82) is 0 Å². The van der Waals surface area contributed by atoms with E-state index in [0.29, 0.717) is 0 Å². The van der Waals surface area contributed by atoms with E-state index in [9.17, 15) is 30.6 Å². The van der Waals surface area contributed by atoms with Gasteiger partial charge in [-0.15, -0.1) is 0 Å². The molecule has 2 heterocycles. The van der Waals surface area contributed by atoms with Crippen molar-refractivity contribution in [3.63, 3.8) is 0 Å². The second-order valence-corrected chi connectivity index (χ2v) is 6.21. The quantitative estimate of drug-likeness (QED) is 0.314. The lowest BCUT2D eigenvalue weighted by atomic mass is 9.88. The molecule has 2 saturated heterocycles. The van der Waals surface area contributed by atoms with Crippen LogP contribution in [0.15, 0.2) is 0 Å². The van der Waals surface area contributed by atoms with Gasteiger partial charge in [-0.1, -0.05) is 6.92 Å². The van der Waals surface area contributed by atoms with Crippen LogP contribution in [0.25, 0.3) is 0 Å². The maximum atomic E-state index is 10.3. The average molecular weight is 338 g/mol. The summed E-state index contributed by atoms with van der Waals surface area (Å²) in [5, 5.41) is 58.3. The Hall–Kier alpha value is -0.360. The maximum Gasteiger partial charge on any atom is 0.187 e. The van der Waals surface area contributed by atoms with Crippen molar-refractivity contribution < 1.29 is 44.8 Å². The minimum absolute atomic E-state index is 0.278. The summed E-state index contributed by atoms with van der Waals surface area (Å²) in [6, 6.07) is 0. The van der Waals surface area contributed by atoms with Crippen molar-refractivity contribution in [1.82, 2.24) is 0 Å². The molecule has 2 aliphatic rings. The van der Waals surface area contributed by atoms with Gasteiger partial charge in [-0.3, -0.25) is 0 Å². The van der Waals surface area contributed by atoms with Crippen LogP contribution >= 0.6 is 0 Å². The number of aliphatic hydroxyl groups excluding tert-OH is 6. The van der Waals surface area contributed by atoms with Crippen molar-refractivity contribution >= 4 is 0 Å². The van der Waals surface area contributed by atoms with Gasteiger partial charge in [0.1, 0.15) is 36.6 Å². The molecule has 4 unspecified atom stereocenters. The molecule has 0 amide bonds. The Morgan fingerprint density at radius 1 is 0.783 bits per heavy atom. The summed E-state index contributed by atoms with van der Waals surface area (Å²) in [4.78, 5) is 0. The Balaban J connectivity index is 2.11. The Morgan fingerprint density at radius 3 is 1.91 bits per heavy atom. The van der Waals surface area contributed by atoms with E-state index < -0.39 is 62.2 Å². The third-order valence-electron chi connectivity index (χ3n) is 4.69. The normalized spacial score (nSPS) is 51.7. The SMILES string of the molecule is C[C@@H]1OC(CO)[C@@H](O)C(O[C@H]2OC(CO)[C@@H](O)C(O)[C@@H]2O)[C@@H]1C. The zero-order chi connectivity index (χ0) is 17.3. The molecule has 0 aliphatic carbocycles. The highest BCUT2D eigenvalue weighted by molar-refractivity contribution is 4.93.